The zero-order chi connectivity index (χ0) is 13.3. The van der Waals surface area contributed by atoms with Crippen LogP contribution in [0.5, 0.6) is 5.75 Å². The average Bonchev–Trinajstić information content (AvgIpc) is 3.08. The number of phenols is 1. The van der Waals surface area contributed by atoms with E-state index in [0.717, 1.165) is 18.9 Å². The Balaban J connectivity index is 2.22. The van der Waals surface area contributed by atoms with Crippen LogP contribution in [0.2, 0.25) is 0 Å². The van der Waals surface area contributed by atoms with Crippen LogP contribution in [-0.2, 0) is 0 Å². The van der Waals surface area contributed by atoms with E-state index in [0.29, 0.717) is 12.5 Å². The minimum Gasteiger partial charge on any atom is -0.508 e. The van der Waals surface area contributed by atoms with Gasteiger partial charge in [-0.1, -0.05) is 13.8 Å². The lowest BCUT2D eigenvalue weighted by Gasteiger charge is -2.24. The van der Waals surface area contributed by atoms with Crippen molar-refractivity contribution >= 4 is 5.91 Å². The van der Waals surface area contributed by atoms with Crippen molar-refractivity contribution in [1.29, 1.82) is 0 Å². The Morgan fingerprint density at radius 1 is 1.50 bits per heavy atom. The number of hydrogen-bond donors (Lipinski definition) is 1. The van der Waals surface area contributed by atoms with Crippen molar-refractivity contribution < 1.29 is 14.3 Å². The minimum absolute atomic E-state index is 0.0420. The van der Waals surface area contributed by atoms with E-state index in [4.69, 9.17) is 5.11 Å². The van der Waals surface area contributed by atoms with Crippen LogP contribution in [0.25, 0.3) is 0 Å². The lowest BCUT2D eigenvalue weighted by Crippen LogP contribution is -2.36. The van der Waals surface area contributed by atoms with Crippen LogP contribution in [0.3, 0.4) is 0 Å². The van der Waals surface area contributed by atoms with Crippen molar-refractivity contribution in [3.05, 3.63) is 29.6 Å². The molecule has 1 aliphatic carbocycles. The Morgan fingerprint density at radius 3 is 2.67 bits per heavy atom. The van der Waals surface area contributed by atoms with Crippen LogP contribution in [0.4, 0.5) is 4.39 Å². The van der Waals surface area contributed by atoms with Gasteiger partial charge >= 0.3 is 0 Å². The van der Waals surface area contributed by atoms with E-state index >= 15 is 0 Å². The molecule has 4 heteroatoms. The highest BCUT2D eigenvalue weighted by molar-refractivity contribution is 5.95. The molecule has 0 aliphatic heterocycles. The van der Waals surface area contributed by atoms with Gasteiger partial charge in [0, 0.05) is 18.7 Å². The van der Waals surface area contributed by atoms with E-state index in [1.807, 2.05) is 13.8 Å². The largest absolute Gasteiger partial charge is 0.508 e. The molecule has 0 spiro atoms. The van der Waals surface area contributed by atoms with Crippen LogP contribution in [-0.4, -0.2) is 28.5 Å². The monoisotopic (exact) mass is 251 g/mol. The van der Waals surface area contributed by atoms with Crippen LogP contribution in [0.15, 0.2) is 18.2 Å². The maximum Gasteiger partial charge on any atom is 0.257 e. The zero-order valence-corrected chi connectivity index (χ0v) is 10.7. The molecule has 1 aromatic carbocycles. The summed E-state index contributed by atoms with van der Waals surface area (Å²) in [5.41, 5.74) is 0.0420. The number of carbonyl (C=O) groups is 1. The predicted molar refractivity (Wildman–Crippen MR) is 67.0 cm³/mol. The first-order chi connectivity index (χ1) is 8.49. The SMILES string of the molecule is CC(C)CN(C(=O)c1ccc(O)cc1F)C1CC1. The maximum absolute atomic E-state index is 13.7. The molecular formula is C14H18FNO2. The maximum atomic E-state index is 13.7. The van der Waals surface area contributed by atoms with Gasteiger partial charge in [0.1, 0.15) is 11.6 Å². The number of phenolic OH excluding ortho intramolecular Hbond substituents is 1. The molecule has 0 radical (unpaired) electrons. The standard InChI is InChI=1S/C14H18FNO2/c1-9(2)8-16(10-3-4-10)14(18)12-6-5-11(17)7-13(12)15/h5-7,9-10,17H,3-4,8H2,1-2H3. The first-order valence-electron chi connectivity index (χ1n) is 6.28. The molecule has 0 unspecified atom stereocenters. The Kier molecular flexibility index (Phi) is 3.55. The second-order valence-corrected chi connectivity index (χ2v) is 5.25. The summed E-state index contributed by atoms with van der Waals surface area (Å²) in [6, 6.07) is 3.93. The van der Waals surface area contributed by atoms with Gasteiger partial charge in [0.25, 0.3) is 5.91 Å². The van der Waals surface area contributed by atoms with E-state index < -0.39 is 5.82 Å². The fourth-order valence-corrected chi connectivity index (χ4v) is 2.01. The molecule has 2 rings (SSSR count). The van der Waals surface area contributed by atoms with Crippen molar-refractivity contribution in [3.8, 4) is 5.75 Å². The van der Waals surface area contributed by atoms with Crippen LogP contribution in [0.1, 0.15) is 37.0 Å². The minimum atomic E-state index is -0.658. The number of aromatic hydroxyl groups is 1. The summed E-state index contributed by atoms with van der Waals surface area (Å²) in [5, 5.41) is 9.16. The highest BCUT2D eigenvalue weighted by Crippen LogP contribution is 2.29. The fraction of sp³-hybridized carbons (Fsp3) is 0.500. The molecule has 1 fully saturated rings. The molecule has 3 nitrogen and oxygen atoms in total. The molecule has 0 atom stereocenters. The molecule has 18 heavy (non-hydrogen) atoms. The van der Waals surface area contributed by atoms with E-state index in [1.54, 1.807) is 4.90 Å². The molecule has 1 amide bonds. The molecule has 98 valence electrons. The Hall–Kier alpha value is -1.58. The lowest BCUT2D eigenvalue weighted by atomic mass is 10.1. The van der Waals surface area contributed by atoms with Crippen LogP contribution < -0.4 is 0 Å². The number of carbonyl (C=O) groups excluding carboxylic acids is 1. The van der Waals surface area contributed by atoms with E-state index in [1.165, 1.54) is 12.1 Å². The Labute approximate surface area is 106 Å². The van der Waals surface area contributed by atoms with Gasteiger partial charge in [-0.05, 0) is 30.9 Å². The van der Waals surface area contributed by atoms with Crippen LogP contribution in [0, 0.1) is 11.7 Å². The first kappa shape index (κ1) is 12.9. The molecule has 1 aromatic rings. The van der Waals surface area contributed by atoms with Crippen molar-refractivity contribution in [2.24, 2.45) is 5.92 Å². The van der Waals surface area contributed by atoms with E-state index in [2.05, 4.69) is 0 Å². The molecule has 1 saturated carbocycles. The first-order valence-corrected chi connectivity index (χ1v) is 6.28. The summed E-state index contributed by atoms with van der Waals surface area (Å²) in [5.74, 6) is -0.737. The van der Waals surface area contributed by atoms with Gasteiger partial charge in [0.15, 0.2) is 0 Å². The number of amides is 1. The van der Waals surface area contributed by atoms with E-state index in [9.17, 15) is 9.18 Å². The number of nitrogens with zero attached hydrogens (tertiary/aromatic N) is 1. The average molecular weight is 251 g/mol. The van der Waals surface area contributed by atoms with Gasteiger partial charge in [-0.25, -0.2) is 4.39 Å². The normalized spacial score (nSPS) is 14.9. The van der Waals surface area contributed by atoms with Gasteiger partial charge in [-0.15, -0.1) is 0 Å². The molecule has 0 heterocycles. The Bertz CT molecular complexity index is 455. The summed E-state index contributed by atoms with van der Waals surface area (Å²) in [6.45, 7) is 4.72. The van der Waals surface area contributed by atoms with Crippen molar-refractivity contribution in [3.63, 3.8) is 0 Å². The number of hydrogen-bond acceptors (Lipinski definition) is 2. The fourth-order valence-electron chi connectivity index (χ4n) is 2.01. The topological polar surface area (TPSA) is 40.5 Å². The highest BCUT2D eigenvalue weighted by atomic mass is 19.1. The second kappa shape index (κ2) is 4.96. The van der Waals surface area contributed by atoms with Crippen molar-refractivity contribution in [2.75, 3.05) is 6.54 Å². The third-order valence-corrected chi connectivity index (χ3v) is 2.99. The van der Waals surface area contributed by atoms with Crippen molar-refractivity contribution in [1.82, 2.24) is 4.90 Å². The summed E-state index contributed by atoms with van der Waals surface area (Å²) < 4.78 is 13.7. The third kappa shape index (κ3) is 2.81. The molecule has 1 N–H and O–H groups in total. The smallest absolute Gasteiger partial charge is 0.257 e. The van der Waals surface area contributed by atoms with Crippen LogP contribution >= 0.6 is 0 Å². The number of halogens is 1. The highest BCUT2D eigenvalue weighted by Gasteiger charge is 2.34. The van der Waals surface area contributed by atoms with Gasteiger partial charge in [0.2, 0.25) is 0 Å². The van der Waals surface area contributed by atoms with Crippen molar-refractivity contribution in [2.45, 2.75) is 32.7 Å². The molecule has 0 bridgehead atoms. The van der Waals surface area contributed by atoms with Gasteiger partial charge < -0.3 is 10.0 Å². The summed E-state index contributed by atoms with van der Waals surface area (Å²) in [4.78, 5) is 14.0. The summed E-state index contributed by atoms with van der Waals surface area (Å²) in [7, 11) is 0. The third-order valence-electron chi connectivity index (χ3n) is 2.99. The van der Waals surface area contributed by atoms with E-state index in [-0.39, 0.29) is 23.3 Å². The lowest BCUT2D eigenvalue weighted by molar-refractivity contribution is 0.0717. The molecule has 1 aliphatic rings. The predicted octanol–water partition coefficient (Wildman–Crippen LogP) is 2.79. The number of rotatable bonds is 4. The molecular weight excluding hydrogens is 233 g/mol. The molecule has 0 aromatic heterocycles. The Morgan fingerprint density at radius 2 is 2.17 bits per heavy atom. The molecule has 0 saturated heterocycles. The zero-order valence-electron chi connectivity index (χ0n) is 10.7. The van der Waals surface area contributed by atoms with Gasteiger partial charge in [0.05, 0.1) is 5.56 Å². The number of benzene rings is 1. The quantitative estimate of drug-likeness (QED) is 0.894. The summed E-state index contributed by atoms with van der Waals surface area (Å²) in [6.07, 6.45) is 2.00. The van der Waals surface area contributed by atoms with Gasteiger partial charge in [-0.3, -0.25) is 4.79 Å². The second-order valence-electron chi connectivity index (χ2n) is 5.25. The summed E-state index contributed by atoms with van der Waals surface area (Å²) >= 11 is 0. The van der Waals surface area contributed by atoms with Gasteiger partial charge in [-0.2, -0.15) is 0 Å².